The number of para-hydroxylation sites is 2. The van der Waals surface area contributed by atoms with E-state index in [4.69, 9.17) is 9.15 Å². The second kappa shape index (κ2) is 13.6. The van der Waals surface area contributed by atoms with Crippen molar-refractivity contribution in [3.63, 3.8) is 0 Å². The van der Waals surface area contributed by atoms with Gasteiger partial charge in [-0.3, -0.25) is 0 Å². The number of hydrogen-bond donors (Lipinski definition) is 0. The maximum atomic E-state index is 6.91. The van der Waals surface area contributed by atoms with Crippen molar-refractivity contribution in [2.24, 2.45) is 0 Å². The number of benzene rings is 10. The van der Waals surface area contributed by atoms with Crippen LogP contribution in [0.4, 0.5) is 17.1 Å². The molecule has 0 unspecified atom stereocenters. The summed E-state index contributed by atoms with van der Waals surface area (Å²) in [6.07, 6.45) is 0. The van der Waals surface area contributed by atoms with Crippen molar-refractivity contribution in [3.8, 4) is 33.8 Å². The van der Waals surface area contributed by atoms with Crippen LogP contribution in [0, 0.1) is 0 Å². The van der Waals surface area contributed by atoms with E-state index < -0.39 is 10.8 Å². The molecule has 0 saturated carbocycles. The van der Waals surface area contributed by atoms with E-state index in [1.807, 2.05) is 6.07 Å². The summed E-state index contributed by atoms with van der Waals surface area (Å²) < 4.78 is 13.5. The fourth-order valence-corrected chi connectivity index (χ4v) is 11.9. The Morgan fingerprint density at radius 2 is 0.815 bits per heavy atom. The summed E-state index contributed by atoms with van der Waals surface area (Å²) in [5, 5.41) is 2.14. The highest BCUT2D eigenvalue weighted by Gasteiger charge is 2.51. The zero-order chi connectivity index (χ0) is 42.7. The average molecular weight is 830 g/mol. The van der Waals surface area contributed by atoms with E-state index in [1.165, 1.54) is 55.6 Å². The molecule has 0 saturated heterocycles. The monoisotopic (exact) mass is 829 g/mol. The predicted octanol–water partition coefficient (Wildman–Crippen LogP) is 15.9. The second-order valence-corrected chi connectivity index (χ2v) is 17.5. The second-order valence-electron chi connectivity index (χ2n) is 17.5. The Bertz CT molecular complexity index is 3620. The van der Waals surface area contributed by atoms with Crippen molar-refractivity contribution in [3.05, 3.63) is 281 Å². The molecule has 11 aromatic rings. The standard InChI is InChI=1S/C62H39NO2/c1-2-17-40(18-3-1)61(49-24-9-4-19-44(49)45-20-5-10-25-50(45)61)41-33-35-42(36-34-41)63(55-29-16-32-59-60(55)48-23-8-14-30-56(48)64-59)43-37-38-58-54(39-43)62(53-28-13-15-31-57(53)65-58)51-26-11-6-21-46(51)47-22-7-12-27-52(47)62/h1-39H. The van der Waals surface area contributed by atoms with Gasteiger partial charge in [0.1, 0.15) is 22.7 Å². The zero-order valence-corrected chi connectivity index (χ0v) is 35.3. The summed E-state index contributed by atoms with van der Waals surface area (Å²) in [4.78, 5) is 2.42. The van der Waals surface area contributed by atoms with Gasteiger partial charge in [-0.2, -0.15) is 0 Å². The Morgan fingerprint density at radius 1 is 0.323 bits per heavy atom. The van der Waals surface area contributed by atoms with E-state index in [0.717, 1.165) is 61.6 Å². The molecule has 0 fully saturated rings. The molecule has 3 aliphatic rings. The number of hydrogen-bond acceptors (Lipinski definition) is 3. The fraction of sp³-hybridized carbons (Fsp3) is 0.0323. The first-order valence-corrected chi connectivity index (χ1v) is 22.4. The molecule has 1 aromatic heterocycles. The van der Waals surface area contributed by atoms with Crippen molar-refractivity contribution in [2.45, 2.75) is 10.8 Å². The Kier molecular flexibility index (Phi) is 7.53. The molecule has 1 spiro atoms. The Hall–Kier alpha value is -8.40. The van der Waals surface area contributed by atoms with Crippen LogP contribution in [0.3, 0.4) is 0 Å². The highest BCUT2D eigenvalue weighted by Crippen LogP contribution is 2.63. The maximum absolute atomic E-state index is 6.91. The van der Waals surface area contributed by atoms with Crippen molar-refractivity contribution >= 4 is 39.0 Å². The van der Waals surface area contributed by atoms with Gasteiger partial charge in [-0.1, -0.05) is 182 Å². The van der Waals surface area contributed by atoms with Gasteiger partial charge in [0.15, 0.2) is 0 Å². The van der Waals surface area contributed by atoms with Gasteiger partial charge in [-0.05, 0) is 110 Å². The van der Waals surface area contributed by atoms with Crippen LogP contribution in [0.15, 0.2) is 241 Å². The lowest BCUT2D eigenvalue weighted by atomic mass is 9.66. The Morgan fingerprint density at radius 3 is 1.48 bits per heavy atom. The summed E-state index contributed by atoms with van der Waals surface area (Å²) in [5.41, 5.74) is 18.6. The maximum Gasteiger partial charge on any atom is 0.137 e. The Labute approximate surface area is 377 Å². The first-order valence-electron chi connectivity index (χ1n) is 22.4. The van der Waals surface area contributed by atoms with Gasteiger partial charge >= 0.3 is 0 Å². The molecule has 0 amide bonds. The van der Waals surface area contributed by atoms with Crippen molar-refractivity contribution in [1.29, 1.82) is 0 Å². The molecule has 2 heterocycles. The summed E-state index contributed by atoms with van der Waals surface area (Å²) in [6.45, 7) is 0. The SMILES string of the molecule is c1ccc(C2(c3ccc(N(c4ccc5c(c4)C4(c6ccccc6O5)c5ccccc5-c5ccccc54)c4cccc5oc6ccccc6c45)cc3)c3ccccc3-c3ccccc32)cc1. The van der Waals surface area contributed by atoms with Crippen molar-refractivity contribution < 1.29 is 9.15 Å². The number of furan rings is 1. The van der Waals surface area contributed by atoms with E-state index >= 15 is 0 Å². The smallest absolute Gasteiger partial charge is 0.137 e. The summed E-state index contributed by atoms with van der Waals surface area (Å²) in [6, 6.07) is 86.2. The third kappa shape index (κ3) is 4.79. The van der Waals surface area contributed by atoms with Crippen LogP contribution in [-0.4, -0.2) is 0 Å². The minimum absolute atomic E-state index is 0.509. The summed E-state index contributed by atoms with van der Waals surface area (Å²) in [5.74, 6) is 1.73. The predicted molar refractivity (Wildman–Crippen MR) is 263 cm³/mol. The molecule has 0 bridgehead atoms. The minimum Gasteiger partial charge on any atom is -0.457 e. The van der Waals surface area contributed by atoms with Crippen LogP contribution in [0.25, 0.3) is 44.2 Å². The lowest BCUT2D eigenvalue weighted by Gasteiger charge is -2.40. The molecule has 10 aromatic carbocycles. The summed E-state index contributed by atoms with van der Waals surface area (Å²) in [7, 11) is 0. The third-order valence-corrected chi connectivity index (χ3v) is 14.4. The highest BCUT2D eigenvalue weighted by atomic mass is 16.5. The normalized spacial score (nSPS) is 14.2. The quantitative estimate of drug-likeness (QED) is 0.173. The molecule has 1 aliphatic heterocycles. The number of ether oxygens (including phenoxy) is 1. The lowest BCUT2D eigenvalue weighted by Crippen LogP contribution is -2.32. The number of nitrogens with zero attached hydrogens (tertiary/aromatic N) is 1. The first kappa shape index (κ1) is 36.1. The number of fused-ring (bicyclic) bond motifs is 15. The van der Waals surface area contributed by atoms with Crippen molar-refractivity contribution in [1.82, 2.24) is 0 Å². The molecule has 0 atom stereocenters. The molecule has 304 valence electrons. The van der Waals surface area contributed by atoms with Gasteiger partial charge in [0, 0.05) is 27.9 Å². The van der Waals surface area contributed by atoms with Gasteiger partial charge in [-0.15, -0.1) is 0 Å². The largest absolute Gasteiger partial charge is 0.457 e. The highest BCUT2D eigenvalue weighted by molar-refractivity contribution is 6.13. The number of anilines is 3. The topological polar surface area (TPSA) is 25.6 Å². The molecule has 0 N–H and O–H groups in total. The van der Waals surface area contributed by atoms with Gasteiger partial charge in [-0.25, -0.2) is 0 Å². The molecule has 3 heteroatoms. The van der Waals surface area contributed by atoms with Gasteiger partial charge in [0.2, 0.25) is 0 Å². The van der Waals surface area contributed by atoms with Crippen LogP contribution in [0.1, 0.15) is 44.5 Å². The lowest BCUT2D eigenvalue weighted by molar-refractivity contribution is 0.436. The van der Waals surface area contributed by atoms with Crippen LogP contribution >= 0.6 is 0 Å². The van der Waals surface area contributed by atoms with Crippen LogP contribution < -0.4 is 9.64 Å². The average Bonchev–Trinajstić information content (AvgIpc) is 4.01. The Balaban J connectivity index is 1.03. The van der Waals surface area contributed by atoms with Crippen LogP contribution in [-0.2, 0) is 10.8 Å². The van der Waals surface area contributed by atoms with E-state index in [2.05, 4.69) is 235 Å². The first-order chi connectivity index (χ1) is 32.2. The zero-order valence-electron chi connectivity index (χ0n) is 35.3. The molecule has 0 radical (unpaired) electrons. The molecule has 65 heavy (non-hydrogen) atoms. The van der Waals surface area contributed by atoms with E-state index in [9.17, 15) is 0 Å². The number of rotatable bonds is 5. The molecule has 2 aliphatic carbocycles. The van der Waals surface area contributed by atoms with Crippen molar-refractivity contribution in [2.75, 3.05) is 4.90 Å². The van der Waals surface area contributed by atoms with Gasteiger partial charge in [0.25, 0.3) is 0 Å². The molecule has 3 nitrogen and oxygen atoms in total. The van der Waals surface area contributed by atoms with E-state index in [-0.39, 0.29) is 0 Å². The van der Waals surface area contributed by atoms with Crippen LogP contribution in [0.2, 0.25) is 0 Å². The van der Waals surface area contributed by atoms with Crippen LogP contribution in [0.5, 0.6) is 11.5 Å². The van der Waals surface area contributed by atoms with Gasteiger partial charge < -0.3 is 14.1 Å². The molecular formula is C62H39NO2. The third-order valence-electron chi connectivity index (χ3n) is 14.4. The van der Waals surface area contributed by atoms with E-state index in [1.54, 1.807) is 0 Å². The fourth-order valence-electron chi connectivity index (χ4n) is 11.9. The van der Waals surface area contributed by atoms with E-state index in [0.29, 0.717) is 0 Å². The molecular weight excluding hydrogens is 791 g/mol. The summed E-state index contributed by atoms with van der Waals surface area (Å²) >= 11 is 0. The van der Waals surface area contributed by atoms with Gasteiger partial charge in [0.05, 0.1) is 21.9 Å². The minimum atomic E-state index is -0.609. The molecule has 14 rings (SSSR count).